The molecule has 0 unspecified atom stereocenters. The van der Waals surface area contributed by atoms with Crippen LogP contribution in [-0.4, -0.2) is 85.6 Å². The Bertz CT molecular complexity index is 1180. The fourth-order valence-corrected chi connectivity index (χ4v) is 7.36. The highest BCUT2D eigenvalue weighted by atomic mass is 32.2. The number of hydrogen-bond donors (Lipinski definition) is 0. The minimum Gasteiger partial charge on any atom is -0.411 e. The second-order valence-corrected chi connectivity index (χ2v) is 12.4. The summed E-state index contributed by atoms with van der Waals surface area (Å²) >= 11 is 1.05. The molecule has 1 aliphatic heterocycles. The van der Waals surface area contributed by atoms with Crippen molar-refractivity contribution in [1.29, 1.82) is 0 Å². The van der Waals surface area contributed by atoms with Gasteiger partial charge in [0.25, 0.3) is 5.22 Å². The van der Waals surface area contributed by atoms with E-state index >= 15 is 0 Å². The van der Waals surface area contributed by atoms with E-state index in [0.29, 0.717) is 25.1 Å². The van der Waals surface area contributed by atoms with E-state index in [1.165, 1.54) is 21.3 Å². The molecule has 1 fully saturated rings. The van der Waals surface area contributed by atoms with E-state index < -0.39 is 19.9 Å². The topological polar surface area (TPSA) is 131 Å². The van der Waals surface area contributed by atoms with Gasteiger partial charge in [-0.2, -0.15) is 4.31 Å². The first-order valence-electron chi connectivity index (χ1n) is 10.1. The standard InChI is InChI=1S/C19H26N4O6S3/c1-4-23(5-2)32(27,28)16-8-6-7-14(11-16)18-20-21-19(29-18)30-12-17(24)22(3)15-9-10-31(25,26)13-15/h6-8,11,15H,4-5,9-10,12-13H2,1-3H3/t15-/m1/s1. The first-order valence-corrected chi connectivity index (χ1v) is 14.3. The largest absolute Gasteiger partial charge is 0.411 e. The molecule has 1 aromatic carbocycles. The van der Waals surface area contributed by atoms with Gasteiger partial charge in [0, 0.05) is 31.7 Å². The van der Waals surface area contributed by atoms with Crippen molar-refractivity contribution in [3.8, 4) is 11.5 Å². The zero-order chi connectivity index (χ0) is 23.5. The van der Waals surface area contributed by atoms with Crippen LogP contribution < -0.4 is 0 Å². The van der Waals surface area contributed by atoms with E-state index in [2.05, 4.69) is 10.2 Å². The number of sulfone groups is 1. The van der Waals surface area contributed by atoms with Gasteiger partial charge in [0.15, 0.2) is 9.84 Å². The summed E-state index contributed by atoms with van der Waals surface area (Å²) in [6.45, 7) is 4.27. The molecule has 2 heterocycles. The molecule has 0 bridgehead atoms. The summed E-state index contributed by atoms with van der Waals surface area (Å²) in [5.41, 5.74) is 0.456. The van der Waals surface area contributed by atoms with Crippen LogP contribution in [0.2, 0.25) is 0 Å². The summed E-state index contributed by atoms with van der Waals surface area (Å²) in [6, 6.07) is 5.96. The third-order valence-electron chi connectivity index (χ3n) is 5.30. The Kier molecular flexibility index (Phi) is 7.63. The lowest BCUT2D eigenvalue weighted by Crippen LogP contribution is -2.38. The van der Waals surface area contributed by atoms with Gasteiger partial charge in [0.1, 0.15) is 0 Å². The number of hydrogen-bond acceptors (Lipinski definition) is 9. The van der Waals surface area contributed by atoms with Gasteiger partial charge in [-0.05, 0) is 24.6 Å². The van der Waals surface area contributed by atoms with Gasteiger partial charge < -0.3 is 9.32 Å². The van der Waals surface area contributed by atoms with Crippen LogP contribution in [0.1, 0.15) is 20.3 Å². The molecule has 1 aliphatic rings. The Labute approximate surface area is 192 Å². The van der Waals surface area contributed by atoms with E-state index in [-0.39, 0.29) is 45.2 Å². The van der Waals surface area contributed by atoms with Gasteiger partial charge in [-0.1, -0.05) is 31.7 Å². The third kappa shape index (κ3) is 5.50. The number of aromatic nitrogens is 2. The zero-order valence-electron chi connectivity index (χ0n) is 18.1. The second kappa shape index (κ2) is 9.89. The molecule has 13 heteroatoms. The molecule has 176 valence electrons. The predicted octanol–water partition coefficient (Wildman–Crippen LogP) is 1.50. The van der Waals surface area contributed by atoms with Gasteiger partial charge in [0.2, 0.25) is 21.8 Å². The average molecular weight is 503 g/mol. The van der Waals surface area contributed by atoms with Crippen LogP contribution >= 0.6 is 11.8 Å². The highest BCUT2D eigenvalue weighted by Crippen LogP contribution is 2.27. The maximum atomic E-state index is 12.7. The molecule has 0 saturated carbocycles. The summed E-state index contributed by atoms with van der Waals surface area (Å²) in [5.74, 6) is 0.0110. The minimum absolute atomic E-state index is 0.0165. The Hall–Kier alpha value is -1.96. The van der Waals surface area contributed by atoms with Crippen LogP contribution in [0.4, 0.5) is 0 Å². The summed E-state index contributed by atoms with van der Waals surface area (Å²) in [5, 5.41) is 8.05. The summed E-state index contributed by atoms with van der Waals surface area (Å²) < 4.78 is 55.7. The van der Waals surface area contributed by atoms with Gasteiger partial charge in [-0.15, -0.1) is 10.2 Å². The third-order valence-corrected chi connectivity index (χ3v) is 9.90. The molecule has 0 radical (unpaired) electrons. The molecule has 0 N–H and O–H groups in total. The van der Waals surface area contributed by atoms with Crippen LogP contribution in [0.25, 0.3) is 11.5 Å². The molecule has 1 aromatic heterocycles. The van der Waals surface area contributed by atoms with Crippen LogP contribution in [0, 0.1) is 0 Å². The fraction of sp³-hybridized carbons (Fsp3) is 0.526. The lowest BCUT2D eigenvalue weighted by atomic mass is 10.2. The van der Waals surface area contributed by atoms with Crippen molar-refractivity contribution in [1.82, 2.24) is 19.4 Å². The van der Waals surface area contributed by atoms with Gasteiger partial charge in [-0.25, -0.2) is 16.8 Å². The normalized spacial score (nSPS) is 18.2. The SMILES string of the molecule is CCN(CC)S(=O)(=O)c1cccc(-c2nnc(SCC(=O)N(C)[C@@H]3CCS(=O)(=O)C3)o2)c1. The molecule has 0 spiro atoms. The van der Waals surface area contributed by atoms with Crippen molar-refractivity contribution in [2.75, 3.05) is 37.4 Å². The molecule has 2 aromatic rings. The highest BCUT2D eigenvalue weighted by molar-refractivity contribution is 7.99. The summed E-state index contributed by atoms with van der Waals surface area (Å²) in [4.78, 5) is 14.0. The highest BCUT2D eigenvalue weighted by Gasteiger charge is 2.32. The molecule has 1 atom stereocenters. The van der Waals surface area contributed by atoms with Crippen molar-refractivity contribution >= 4 is 37.5 Å². The minimum atomic E-state index is -3.63. The van der Waals surface area contributed by atoms with Crippen molar-refractivity contribution in [2.45, 2.75) is 36.4 Å². The predicted molar refractivity (Wildman–Crippen MR) is 120 cm³/mol. The second-order valence-electron chi connectivity index (χ2n) is 7.34. The zero-order valence-corrected chi connectivity index (χ0v) is 20.5. The van der Waals surface area contributed by atoms with Crippen LogP contribution in [0.15, 0.2) is 38.8 Å². The number of benzene rings is 1. The first kappa shape index (κ1) is 24.7. The van der Waals surface area contributed by atoms with E-state index in [1.807, 2.05) is 0 Å². The molecule has 1 saturated heterocycles. The average Bonchev–Trinajstić information content (AvgIpc) is 3.38. The van der Waals surface area contributed by atoms with Crippen molar-refractivity contribution in [3.05, 3.63) is 24.3 Å². The molecule has 0 aliphatic carbocycles. The number of thioether (sulfide) groups is 1. The Morgan fingerprint density at radius 1 is 1.25 bits per heavy atom. The van der Waals surface area contributed by atoms with E-state index in [0.717, 1.165) is 11.8 Å². The van der Waals surface area contributed by atoms with E-state index in [1.54, 1.807) is 33.0 Å². The smallest absolute Gasteiger partial charge is 0.277 e. The number of nitrogens with zero attached hydrogens (tertiary/aromatic N) is 4. The molecule has 10 nitrogen and oxygen atoms in total. The Balaban J connectivity index is 1.67. The number of carbonyl (C=O) groups excluding carboxylic acids is 1. The number of rotatable bonds is 9. The Morgan fingerprint density at radius 2 is 1.97 bits per heavy atom. The first-order chi connectivity index (χ1) is 15.1. The van der Waals surface area contributed by atoms with E-state index in [4.69, 9.17) is 4.42 Å². The molecular formula is C19H26N4O6S3. The molecule has 3 rings (SSSR count). The van der Waals surface area contributed by atoms with Gasteiger partial charge >= 0.3 is 0 Å². The lowest BCUT2D eigenvalue weighted by molar-refractivity contribution is -0.128. The maximum Gasteiger partial charge on any atom is 0.277 e. The van der Waals surface area contributed by atoms with Crippen LogP contribution in [-0.2, 0) is 24.7 Å². The van der Waals surface area contributed by atoms with Crippen LogP contribution in [0.3, 0.4) is 0 Å². The van der Waals surface area contributed by atoms with Crippen molar-refractivity contribution in [3.63, 3.8) is 0 Å². The monoisotopic (exact) mass is 502 g/mol. The van der Waals surface area contributed by atoms with Gasteiger partial charge in [-0.3, -0.25) is 4.79 Å². The summed E-state index contributed by atoms with van der Waals surface area (Å²) in [7, 11) is -5.11. The quantitative estimate of drug-likeness (QED) is 0.468. The van der Waals surface area contributed by atoms with Crippen molar-refractivity contribution in [2.24, 2.45) is 0 Å². The lowest BCUT2D eigenvalue weighted by Gasteiger charge is -2.22. The maximum absolute atomic E-state index is 12.7. The summed E-state index contributed by atoms with van der Waals surface area (Å²) in [6.07, 6.45) is 0.437. The van der Waals surface area contributed by atoms with Gasteiger partial charge in [0.05, 0.1) is 22.2 Å². The van der Waals surface area contributed by atoms with Crippen molar-refractivity contribution < 1.29 is 26.0 Å². The Morgan fingerprint density at radius 3 is 2.59 bits per heavy atom. The van der Waals surface area contributed by atoms with Crippen LogP contribution in [0.5, 0.6) is 0 Å². The molecular weight excluding hydrogens is 476 g/mol. The number of sulfonamides is 1. The number of amides is 1. The number of carbonyl (C=O) groups is 1. The molecule has 1 amide bonds. The van der Waals surface area contributed by atoms with E-state index in [9.17, 15) is 21.6 Å². The fourth-order valence-electron chi connectivity index (χ4n) is 3.40. The molecule has 32 heavy (non-hydrogen) atoms.